The van der Waals surface area contributed by atoms with Gasteiger partial charge in [-0.3, -0.25) is 15.1 Å². The fraction of sp³-hybridized carbons (Fsp3) is 0.375. The molecule has 1 amide bonds. The molecule has 0 fully saturated rings. The van der Waals surface area contributed by atoms with E-state index in [-0.39, 0.29) is 48.0 Å². The first-order valence-electron chi connectivity index (χ1n) is 7.61. The predicted molar refractivity (Wildman–Crippen MR) is 104 cm³/mol. The smallest absolute Gasteiger partial charge is 0.370 e. The van der Waals surface area contributed by atoms with E-state index in [0.717, 1.165) is 17.0 Å². The molecule has 27 heavy (non-hydrogen) atoms. The predicted octanol–water partition coefficient (Wildman–Crippen LogP) is 3.32. The molecule has 0 aliphatic carbocycles. The number of amides is 1. The Hall–Kier alpha value is -1.97. The number of fused-ring (bicyclic) bond motifs is 1. The molecule has 0 saturated heterocycles. The minimum Gasteiger partial charge on any atom is -0.370 e. The summed E-state index contributed by atoms with van der Waals surface area (Å²) >= 11 is 0. The van der Waals surface area contributed by atoms with Gasteiger partial charge in [-0.05, 0) is 45.3 Å². The van der Waals surface area contributed by atoms with Crippen molar-refractivity contribution in [1.29, 1.82) is 5.41 Å². The molecule has 0 saturated carbocycles. The first-order valence-corrected chi connectivity index (χ1v) is 7.61. The topological polar surface area (TPSA) is 89.2 Å². The Labute approximate surface area is 167 Å². The van der Waals surface area contributed by atoms with Gasteiger partial charge in [0.2, 0.25) is 0 Å². The van der Waals surface area contributed by atoms with E-state index in [1.807, 2.05) is 19.0 Å². The van der Waals surface area contributed by atoms with Crippen molar-refractivity contribution >= 4 is 47.6 Å². The van der Waals surface area contributed by atoms with Crippen LogP contribution in [0.1, 0.15) is 22.5 Å². The number of alkyl halides is 3. The molecule has 0 aliphatic rings. The Morgan fingerprint density at radius 2 is 1.85 bits per heavy atom. The lowest BCUT2D eigenvalue weighted by molar-refractivity contribution is -0.136. The molecule has 0 radical (unpaired) electrons. The average molecular weight is 428 g/mol. The van der Waals surface area contributed by atoms with Crippen molar-refractivity contribution in [2.24, 2.45) is 5.73 Å². The number of aromatic nitrogens is 1. The van der Waals surface area contributed by atoms with Crippen LogP contribution in [0.4, 0.5) is 13.2 Å². The van der Waals surface area contributed by atoms with Gasteiger partial charge in [0.05, 0.1) is 5.56 Å². The molecular weight excluding hydrogens is 406 g/mol. The zero-order valence-corrected chi connectivity index (χ0v) is 16.4. The number of hydrogen-bond donors (Lipinski definition) is 3. The van der Waals surface area contributed by atoms with Crippen LogP contribution in [0.5, 0.6) is 0 Å². The molecule has 152 valence electrons. The van der Waals surface area contributed by atoms with Gasteiger partial charge < -0.3 is 15.6 Å². The van der Waals surface area contributed by atoms with Gasteiger partial charge in [0.15, 0.2) is 5.96 Å². The summed E-state index contributed by atoms with van der Waals surface area (Å²) in [6, 6.07) is 4.86. The van der Waals surface area contributed by atoms with Crippen molar-refractivity contribution in [2.75, 3.05) is 27.2 Å². The summed E-state index contributed by atoms with van der Waals surface area (Å²) in [6.07, 6.45) is -3.94. The van der Waals surface area contributed by atoms with Crippen LogP contribution in [-0.2, 0) is 6.18 Å². The highest BCUT2D eigenvalue weighted by Gasteiger charge is 2.33. The van der Waals surface area contributed by atoms with Crippen LogP contribution >= 0.6 is 24.8 Å². The van der Waals surface area contributed by atoms with E-state index in [2.05, 4.69) is 4.98 Å². The standard InChI is InChI=1S/C16H20F3N5O.2ClH/c1-23(2)7-4-8-24(15(20)21)14(25)13-9-10-11(16(17,18)19)5-3-6-12(10)22-13;;/h3,5-6,9,22H,4,7-8H2,1-2H3,(H3,20,21);2*1H. The number of carbonyl (C=O) groups excluding carboxylic acids is 1. The molecule has 6 nitrogen and oxygen atoms in total. The van der Waals surface area contributed by atoms with Gasteiger partial charge >= 0.3 is 6.18 Å². The number of hydrogen-bond acceptors (Lipinski definition) is 3. The molecule has 4 N–H and O–H groups in total. The van der Waals surface area contributed by atoms with Crippen molar-refractivity contribution in [3.05, 3.63) is 35.5 Å². The number of benzene rings is 1. The van der Waals surface area contributed by atoms with E-state index in [1.165, 1.54) is 12.1 Å². The summed E-state index contributed by atoms with van der Waals surface area (Å²) in [5, 5.41) is 7.48. The van der Waals surface area contributed by atoms with Crippen molar-refractivity contribution in [3.63, 3.8) is 0 Å². The highest BCUT2D eigenvalue weighted by molar-refractivity contribution is 6.06. The molecule has 2 rings (SSSR count). The molecule has 0 atom stereocenters. The highest BCUT2D eigenvalue weighted by Crippen LogP contribution is 2.35. The first-order chi connectivity index (χ1) is 11.6. The Kier molecular flexibility index (Phi) is 9.10. The number of aromatic amines is 1. The maximum absolute atomic E-state index is 13.1. The molecular formula is C16H22Cl2F3N5O. The quantitative estimate of drug-likeness (QED) is 0.504. The number of nitrogens with two attached hydrogens (primary N) is 1. The Morgan fingerprint density at radius 3 is 2.37 bits per heavy atom. The molecule has 0 unspecified atom stereocenters. The second-order valence-corrected chi connectivity index (χ2v) is 5.95. The zero-order valence-electron chi connectivity index (χ0n) is 14.8. The molecule has 0 bridgehead atoms. The number of halogens is 5. The zero-order chi connectivity index (χ0) is 18.8. The lowest BCUT2D eigenvalue weighted by atomic mass is 10.1. The third-order valence-corrected chi connectivity index (χ3v) is 3.72. The Bertz CT molecular complexity index is 792. The lowest BCUT2D eigenvalue weighted by Crippen LogP contribution is -2.42. The van der Waals surface area contributed by atoms with Crippen LogP contribution in [0.15, 0.2) is 24.3 Å². The van der Waals surface area contributed by atoms with E-state index in [9.17, 15) is 18.0 Å². The highest BCUT2D eigenvalue weighted by atomic mass is 35.5. The summed E-state index contributed by atoms with van der Waals surface area (Å²) in [6.45, 7) is 0.885. The maximum Gasteiger partial charge on any atom is 0.417 e. The normalized spacial score (nSPS) is 11.0. The van der Waals surface area contributed by atoms with Gasteiger partial charge in [-0.2, -0.15) is 13.2 Å². The first kappa shape index (κ1) is 25.0. The fourth-order valence-electron chi connectivity index (χ4n) is 2.54. The van der Waals surface area contributed by atoms with E-state index in [0.29, 0.717) is 13.0 Å². The van der Waals surface area contributed by atoms with E-state index >= 15 is 0 Å². The average Bonchev–Trinajstić information content (AvgIpc) is 2.93. The molecule has 0 spiro atoms. The molecule has 1 aromatic heterocycles. The second kappa shape index (κ2) is 9.82. The lowest BCUT2D eigenvalue weighted by Gasteiger charge is -2.21. The van der Waals surface area contributed by atoms with Crippen LogP contribution in [0, 0.1) is 5.41 Å². The summed E-state index contributed by atoms with van der Waals surface area (Å²) in [7, 11) is 3.74. The molecule has 1 aromatic carbocycles. The summed E-state index contributed by atoms with van der Waals surface area (Å²) < 4.78 is 39.3. The van der Waals surface area contributed by atoms with Crippen LogP contribution in [0.3, 0.4) is 0 Å². The van der Waals surface area contributed by atoms with Crippen LogP contribution < -0.4 is 5.73 Å². The third kappa shape index (κ3) is 6.02. The van der Waals surface area contributed by atoms with Gasteiger partial charge in [0.1, 0.15) is 5.69 Å². The van der Waals surface area contributed by atoms with Crippen LogP contribution in [0.2, 0.25) is 0 Å². The number of carbonyl (C=O) groups is 1. The number of nitrogens with zero attached hydrogens (tertiary/aromatic N) is 2. The number of rotatable bonds is 5. The summed E-state index contributed by atoms with van der Waals surface area (Å²) in [4.78, 5) is 18.2. The molecule has 0 aliphatic heterocycles. The minimum absolute atomic E-state index is 0. The van der Waals surface area contributed by atoms with Gasteiger partial charge in [-0.1, -0.05) is 6.07 Å². The maximum atomic E-state index is 13.1. The van der Waals surface area contributed by atoms with Crippen molar-refractivity contribution < 1.29 is 18.0 Å². The number of H-pyrrole nitrogens is 1. The summed E-state index contributed by atoms with van der Waals surface area (Å²) in [5.74, 6) is -1.07. The SMILES string of the molecule is CN(C)CCCN(C(=N)N)C(=O)c1cc2c(C(F)(F)F)cccc2[nH]1.Cl.Cl. The van der Waals surface area contributed by atoms with Crippen LogP contribution in [-0.4, -0.2) is 53.8 Å². The van der Waals surface area contributed by atoms with Gasteiger partial charge in [0.25, 0.3) is 5.91 Å². The second-order valence-electron chi connectivity index (χ2n) is 5.95. The van der Waals surface area contributed by atoms with Gasteiger partial charge in [0, 0.05) is 17.4 Å². The van der Waals surface area contributed by atoms with E-state index in [1.54, 1.807) is 0 Å². The number of guanidine groups is 1. The van der Waals surface area contributed by atoms with Crippen LogP contribution in [0.25, 0.3) is 10.9 Å². The minimum atomic E-state index is -4.52. The Balaban J connectivity index is 0.00000338. The molecule has 11 heteroatoms. The van der Waals surface area contributed by atoms with Gasteiger partial charge in [-0.25, -0.2) is 0 Å². The van der Waals surface area contributed by atoms with Crippen molar-refractivity contribution in [3.8, 4) is 0 Å². The molecule has 2 aromatic rings. The third-order valence-electron chi connectivity index (χ3n) is 3.72. The fourth-order valence-corrected chi connectivity index (χ4v) is 2.54. The Morgan fingerprint density at radius 1 is 1.22 bits per heavy atom. The monoisotopic (exact) mass is 427 g/mol. The largest absolute Gasteiger partial charge is 0.417 e. The van der Waals surface area contributed by atoms with Crippen molar-refractivity contribution in [2.45, 2.75) is 12.6 Å². The number of nitrogens with one attached hydrogen (secondary N) is 2. The van der Waals surface area contributed by atoms with E-state index < -0.39 is 23.6 Å². The van der Waals surface area contributed by atoms with E-state index in [4.69, 9.17) is 11.1 Å². The summed E-state index contributed by atoms with van der Waals surface area (Å²) in [5.41, 5.74) is 4.82. The molecule has 1 heterocycles. The van der Waals surface area contributed by atoms with Gasteiger partial charge in [-0.15, -0.1) is 24.8 Å². The van der Waals surface area contributed by atoms with Crippen molar-refractivity contribution in [1.82, 2.24) is 14.8 Å².